The quantitative estimate of drug-likeness (QED) is 0.503. The molecule has 0 aliphatic rings. The van der Waals surface area contributed by atoms with E-state index in [-0.39, 0.29) is 5.91 Å². The van der Waals surface area contributed by atoms with E-state index >= 15 is 0 Å². The van der Waals surface area contributed by atoms with Crippen molar-refractivity contribution >= 4 is 23.2 Å². The van der Waals surface area contributed by atoms with Crippen LogP contribution in [0.5, 0.6) is 0 Å². The van der Waals surface area contributed by atoms with Crippen LogP contribution in [-0.4, -0.2) is 27.0 Å². The highest BCUT2D eigenvalue weighted by atomic mass is 35.5. The summed E-state index contributed by atoms with van der Waals surface area (Å²) in [4.78, 5) is 17.7. The number of benzene rings is 2. The van der Waals surface area contributed by atoms with Crippen molar-refractivity contribution in [2.24, 2.45) is 5.92 Å². The van der Waals surface area contributed by atoms with E-state index in [1.165, 1.54) is 0 Å². The van der Waals surface area contributed by atoms with Crippen LogP contribution in [-0.2, 0) is 0 Å². The number of halogens is 1. The van der Waals surface area contributed by atoms with Gasteiger partial charge in [0.1, 0.15) is 5.69 Å². The summed E-state index contributed by atoms with van der Waals surface area (Å²) in [5, 5.41) is 8.20. The molecule has 0 atom stereocenters. The first-order chi connectivity index (χ1) is 14.0. The molecule has 0 bridgehead atoms. The summed E-state index contributed by atoms with van der Waals surface area (Å²) in [6.07, 6.45) is 0. The summed E-state index contributed by atoms with van der Waals surface area (Å²) in [5.41, 5.74) is 4.15. The Bertz CT molecular complexity index is 1170. The van der Waals surface area contributed by atoms with Crippen molar-refractivity contribution in [3.05, 3.63) is 77.4 Å². The Morgan fingerprint density at radius 1 is 1.03 bits per heavy atom. The minimum absolute atomic E-state index is 0.192. The van der Waals surface area contributed by atoms with Gasteiger partial charge < -0.3 is 5.32 Å². The van der Waals surface area contributed by atoms with E-state index in [2.05, 4.69) is 24.3 Å². The van der Waals surface area contributed by atoms with Gasteiger partial charge in [0.25, 0.3) is 5.91 Å². The standard InChI is InChI=1S/C23H21ClN4O/c1-15(2)14-25-23(29)21-12-20(17-10-6-7-11-18(17)24)26-22-13-19(27-28(21)22)16-8-4-3-5-9-16/h3-13,15H,14H2,1-2H3,(H,25,29). The lowest BCUT2D eigenvalue weighted by Crippen LogP contribution is -2.29. The van der Waals surface area contributed by atoms with Crippen molar-refractivity contribution in [2.75, 3.05) is 6.54 Å². The highest BCUT2D eigenvalue weighted by Crippen LogP contribution is 2.28. The number of hydrogen-bond donors (Lipinski definition) is 1. The SMILES string of the molecule is CC(C)CNC(=O)c1cc(-c2ccccc2Cl)nc2cc(-c3ccccc3)nn12. The fourth-order valence-corrected chi connectivity index (χ4v) is 3.31. The van der Waals surface area contributed by atoms with Crippen molar-refractivity contribution in [1.29, 1.82) is 0 Å². The molecule has 1 amide bonds. The van der Waals surface area contributed by atoms with Gasteiger partial charge in [0.2, 0.25) is 0 Å². The Morgan fingerprint density at radius 3 is 2.48 bits per heavy atom. The number of hydrogen-bond acceptors (Lipinski definition) is 3. The predicted molar refractivity (Wildman–Crippen MR) is 116 cm³/mol. The second-order valence-electron chi connectivity index (χ2n) is 7.28. The summed E-state index contributed by atoms with van der Waals surface area (Å²) in [7, 11) is 0. The summed E-state index contributed by atoms with van der Waals surface area (Å²) < 4.78 is 1.60. The molecule has 0 spiro atoms. The number of nitrogens with zero attached hydrogens (tertiary/aromatic N) is 3. The zero-order valence-corrected chi connectivity index (χ0v) is 17.0. The summed E-state index contributed by atoms with van der Waals surface area (Å²) >= 11 is 6.38. The first-order valence-corrected chi connectivity index (χ1v) is 9.90. The number of aromatic nitrogens is 3. The van der Waals surface area contributed by atoms with E-state index in [1.807, 2.05) is 60.7 Å². The average Bonchev–Trinajstić information content (AvgIpc) is 3.16. The molecule has 6 heteroatoms. The first-order valence-electron chi connectivity index (χ1n) is 9.52. The molecule has 2 aromatic carbocycles. The minimum Gasteiger partial charge on any atom is -0.350 e. The lowest BCUT2D eigenvalue weighted by atomic mass is 10.1. The van der Waals surface area contributed by atoms with E-state index in [0.717, 1.165) is 16.8 Å². The van der Waals surface area contributed by atoms with Gasteiger partial charge in [-0.25, -0.2) is 9.50 Å². The van der Waals surface area contributed by atoms with Gasteiger partial charge in [0.05, 0.1) is 11.4 Å². The second-order valence-corrected chi connectivity index (χ2v) is 7.68. The van der Waals surface area contributed by atoms with Crippen molar-refractivity contribution in [1.82, 2.24) is 19.9 Å². The number of carbonyl (C=O) groups is 1. The molecule has 29 heavy (non-hydrogen) atoms. The van der Waals surface area contributed by atoms with Gasteiger partial charge in [-0.05, 0) is 18.1 Å². The molecule has 2 aromatic heterocycles. The van der Waals surface area contributed by atoms with Gasteiger partial charge in [-0.2, -0.15) is 5.10 Å². The Balaban J connectivity index is 1.88. The molecular weight excluding hydrogens is 384 g/mol. The van der Waals surface area contributed by atoms with E-state index in [4.69, 9.17) is 16.6 Å². The van der Waals surface area contributed by atoms with Gasteiger partial charge in [-0.3, -0.25) is 4.79 Å². The van der Waals surface area contributed by atoms with Gasteiger partial charge in [0.15, 0.2) is 5.65 Å². The fraction of sp³-hybridized carbons (Fsp3) is 0.174. The smallest absolute Gasteiger partial charge is 0.270 e. The summed E-state index contributed by atoms with van der Waals surface area (Å²) in [5.74, 6) is 0.152. The van der Waals surface area contributed by atoms with Crippen LogP contribution in [0.1, 0.15) is 24.3 Å². The van der Waals surface area contributed by atoms with Crippen molar-refractivity contribution in [3.8, 4) is 22.5 Å². The average molecular weight is 405 g/mol. The largest absolute Gasteiger partial charge is 0.350 e. The molecular formula is C23H21ClN4O. The molecule has 5 nitrogen and oxygen atoms in total. The maximum absolute atomic E-state index is 12.9. The third-order valence-corrected chi connectivity index (χ3v) is 4.88. The Labute approximate surface area is 174 Å². The van der Waals surface area contributed by atoms with Gasteiger partial charge in [-0.15, -0.1) is 0 Å². The molecule has 146 valence electrons. The van der Waals surface area contributed by atoms with Gasteiger partial charge in [0, 0.05) is 28.8 Å². The predicted octanol–water partition coefficient (Wildman–Crippen LogP) is 5.10. The maximum Gasteiger partial charge on any atom is 0.270 e. The summed E-state index contributed by atoms with van der Waals surface area (Å²) in [6, 6.07) is 20.9. The van der Waals surface area contributed by atoms with Crippen LogP contribution in [0.4, 0.5) is 0 Å². The van der Waals surface area contributed by atoms with Gasteiger partial charge >= 0.3 is 0 Å². The van der Waals surface area contributed by atoms with Crippen LogP contribution in [0.3, 0.4) is 0 Å². The molecule has 0 fully saturated rings. The molecule has 0 radical (unpaired) electrons. The monoisotopic (exact) mass is 404 g/mol. The molecule has 0 aliphatic carbocycles. The van der Waals surface area contributed by atoms with Gasteiger partial charge in [-0.1, -0.05) is 74.0 Å². The molecule has 0 aliphatic heterocycles. The maximum atomic E-state index is 12.9. The summed E-state index contributed by atoms with van der Waals surface area (Å²) in [6.45, 7) is 4.69. The normalized spacial score (nSPS) is 11.2. The molecule has 2 heterocycles. The minimum atomic E-state index is -0.192. The fourth-order valence-electron chi connectivity index (χ4n) is 3.08. The van der Waals surface area contributed by atoms with Crippen LogP contribution < -0.4 is 5.32 Å². The van der Waals surface area contributed by atoms with Crippen molar-refractivity contribution in [3.63, 3.8) is 0 Å². The van der Waals surface area contributed by atoms with E-state index in [0.29, 0.717) is 34.5 Å². The Kier molecular flexibility index (Phi) is 5.32. The third-order valence-electron chi connectivity index (χ3n) is 4.55. The first kappa shape index (κ1) is 19.2. The second kappa shape index (κ2) is 8.05. The highest BCUT2D eigenvalue weighted by molar-refractivity contribution is 6.33. The van der Waals surface area contributed by atoms with E-state index in [9.17, 15) is 4.79 Å². The number of carbonyl (C=O) groups excluding carboxylic acids is 1. The molecule has 4 rings (SSSR count). The van der Waals surface area contributed by atoms with Crippen LogP contribution in [0.15, 0.2) is 66.7 Å². The van der Waals surface area contributed by atoms with E-state index < -0.39 is 0 Å². The Hall–Kier alpha value is -3.18. The van der Waals surface area contributed by atoms with Crippen LogP contribution >= 0.6 is 11.6 Å². The molecule has 0 saturated carbocycles. The molecule has 1 N–H and O–H groups in total. The highest BCUT2D eigenvalue weighted by Gasteiger charge is 2.18. The van der Waals surface area contributed by atoms with Crippen molar-refractivity contribution in [2.45, 2.75) is 13.8 Å². The van der Waals surface area contributed by atoms with Crippen LogP contribution in [0, 0.1) is 5.92 Å². The topological polar surface area (TPSA) is 59.3 Å². The number of amides is 1. The molecule has 0 unspecified atom stereocenters. The zero-order valence-electron chi connectivity index (χ0n) is 16.3. The number of rotatable bonds is 5. The molecule has 0 saturated heterocycles. The van der Waals surface area contributed by atoms with Crippen LogP contribution in [0.25, 0.3) is 28.2 Å². The third kappa shape index (κ3) is 4.00. The molecule has 4 aromatic rings. The van der Waals surface area contributed by atoms with Crippen LogP contribution in [0.2, 0.25) is 5.02 Å². The zero-order chi connectivity index (χ0) is 20.4. The van der Waals surface area contributed by atoms with Crippen molar-refractivity contribution < 1.29 is 4.79 Å². The van der Waals surface area contributed by atoms with E-state index in [1.54, 1.807) is 10.6 Å². The lowest BCUT2D eigenvalue weighted by molar-refractivity contribution is 0.0941. The lowest BCUT2D eigenvalue weighted by Gasteiger charge is -2.11. The number of nitrogens with one attached hydrogen (secondary N) is 1. The number of fused-ring (bicyclic) bond motifs is 1. The Morgan fingerprint density at radius 2 is 1.76 bits per heavy atom.